The Hall–Kier alpha value is -3.48. The lowest BCUT2D eigenvalue weighted by molar-refractivity contribution is -0.142. The zero-order valence-corrected chi connectivity index (χ0v) is 13.8. The van der Waals surface area contributed by atoms with Gasteiger partial charge in [-0.3, -0.25) is 24.1 Å². The average Bonchev–Trinajstić information content (AvgIpc) is 2.92. The molecule has 2 aromatic rings. The molecule has 1 aliphatic rings. The fraction of sp³-hybridized carbons (Fsp3) is 0.158. The predicted octanol–water partition coefficient (Wildman–Crippen LogP) is 1.26. The third-order valence-electron chi connectivity index (χ3n) is 3.89. The molecule has 0 aromatic heterocycles. The first-order valence-corrected chi connectivity index (χ1v) is 8.02. The molecular weight excluding hydrogens is 336 g/mol. The van der Waals surface area contributed by atoms with Gasteiger partial charge in [-0.25, -0.2) is 0 Å². The molecular formula is C19H16N2O5. The maximum absolute atomic E-state index is 12.2. The first-order valence-electron chi connectivity index (χ1n) is 8.02. The minimum Gasteiger partial charge on any atom is -0.462 e. The second-order valence-corrected chi connectivity index (χ2v) is 5.58. The lowest BCUT2D eigenvalue weighted by Crippen LogP contribution is -2.35. The van der Waals surface area contributed by atoms with Gasteiger partial charge in [0.1, 0.15) is 13.2 Å². The summed E-state index contributed by atoms with van der Waals surface area (Å²) < 4.78 is 4.99. The van der Waals surface area contributed by atoms with Crippen LogP contribution in [0.5, 0.6) is 0 Å². The Kier molecular flexibility index (Phi) is 5.07. The van der Waals surface area contributed by atoms with Crippen LogP contribution < -0.4 is 5.32 Å². The normalized spacial score (nSPS) is 12.7. The quantitative estimate of drug-likeness (QED) is 0.624. The van der Waals surface area contributed by atoms with Gasteiger partial charge in [0.2, 0.25) is 0 Å². The molecule has 3 amide bonds. The van der Waals surface area contributed by atoms with Gasteiger partial charge in [0, 0.05) is 5.56 Å². The monoisotopic (exact) mass is 352 g/mol. The highest BCUT2D eigenvalue weighted by Gasteiger charge is 2.34. The number of fused-ring (bicyclic) bond motifs is 1. The number of esters is 1. The molecule has 1 aliphatic heterocycles. The number of nitrogens with zero attached hydrogens (tertiary/aromatic N) is 1. The summed E-state index contributed by atoms with van der Waals surface area (Å²) in [6.45, 7) is -0.466. The SMILES string of the molecule is O=C(CNC(=O)c1ccccc1)OCCN1C(=O)c2ccccc2C1=O. The zero-order valence-electron chi connectivity index (χ0n) is 13.8. The minimum atomic E-state index is -0.647. The fourth-order valence-electron chi connectivity index (χ4n) is 2.59. The van der Waals surface area contributed by atoms with Crippen LogP contribution in [-0.4, -0.2) is 48.3 Å². The third-order valence-corrected chi connectivity index (χ3v) is 3.89. The van der Waals surface area contributed by atoms with Gasteiger partial charge < -0.3 is 10.1 Å². The molecule has 0 radical (unpaired) electrons. The number of carbonyl (C=O) groups excluding carboxylic acids is 4. The summed E-state index contributed by atoms with van der Waals surface area (Å²) in [5, 5.41) is 2.45. The first kappa shape index (κ1) is 17.3. The third kappa shape index (κ3) is 3.61. The van der Waals surface area contributed by atoms with Gasteiger partial charge in [0.05, 0.1) is 17.7 Å². The van der Waals surface area contributed by atoms with E-state index in [1.165, 1.54) is 0 Å². The summed E-state index contributed by atoms with van der Waals surface area (Å²) >= 11 is 0. The Labute approximate surface area is 149 Å². The summed E-state index contributed by atoms with van der Waals surface area (Å²) in [5.74, 6) is -1.84. The van der Waals surface area contributed by atoms with Crippen LogP contribution in [0.25, 0.3) is 0 Å². The molecule has 7 heteroatoms. The molecule has 0 saturated carbocycles. The number of benzene rings is 2. The molecule has 1 N–H and O–H groups in total. The molecule has 26 heavy (non-hydrogen) atoms. The topological polar surface area (TPSA) is 92.8 Å². The first-order chi connectivity index (χ1) is 12.6. The van der Waals surface area contributed by atoms with Gasteiger partial charge in [-0.2, -0.15) is 0 Å². The highest BCUT2D eigenvalue weighted by molar-refractivity contribution is 6.21. The van der Waals surface area contributed by atoms with Crippen LogP contribution in [0.2, 0.25) is 0 Å². The molecule has 0 fully saturated rings. The van der Waals surface area contributed by atoms with Gasteiger partial charge >= 0.3 is 5.97 Å². The van der Waals surface area contributed by atoms with Gasteiger partial charge in [0.25, 0.3) is 17.7 Å². The van der Waals surface area contributed by atoms with Gasteiger partial charge in [0.15, 0.2) is 0 Å². The van der Waals surface area contributed by atoms with Crippen molar-refractivity contribution in [3.63, 3.8) is 0 Å². The molecule has 0 unspecified atom stereocenters. The summed E-state index contributed by atoms with van der Waals surface area (Å²) in [6.07, 6.45) is 0. The van der Waals surface area contributed by atoms with Crippen molar-refractivity contribution < 1.29 is 23.9 Å². The summed E-state index contributed by atoms with van der Waals surface area (Å²) in [4.78, 5) is 48.9. The van der Waals surface area contributed by atoms with Crippen LogP contribution >= 0.6 is 0 Å². The van der Waals surface area contributed by atoms with Crippen LogP contribution in [0.15, 0.2) is 54.6 Å². The Bertz CT molecular complexity index is 828. The van der Waals surface area contributed by atoms with Crippen LogP contribution in [0.1, 0.15) is 31.1 Å². The van der Waals surface area contributed by atoms with Crippen molar-refractivity contribution in [2.75, 3.05) is 19.7 Å². The number of carbonyl (C=O) groups is 4. The smallest absolute Gasteiger partial charge is 0.325 e. The van der Waals surface area contributed by atoms with E-state index in [1.54, 1.807) is 54.6 Å². The molecule has 0 aliphatic carbocycles. The van der Waals surface area contributed by atoms with E-state index in [4.69, 9.17) is 4.74 Å². The summed E-state index contributed by atoms with van der Waals surface area (Å²) in [7, 11) is 0. The summed E-state index contributed by atoms with van der Waals surface area (Å²) in [5.41, 5.74) is 1.13. The molecule has 1 heterocycles. The number of hydrogen-bond acceptors (Lipinski definition) is 5. The van der Waals surface area contributed by atoms with E-state index in [1.807, 2.05) is 0 Å². The van der Waals surface area contributed by atoms with Crippen molar-refractivity contribution in [3.8, 4) is 0 Å². The molecule has 7 nitrogen and oxygen atoms in total. The summed E-state index contributed by atoms with van der Waals surface area (Å²) in [6, 6.07) is 15.0. The van der Waals surface area contributed by atoms with Crippen LogP contribution in [0.4, 0.5) is 0 Å². The standard InChI is InChI=1S/C19H16N2O5/c22-16(12-20-17(23)13-6-2-1-3-7-13)26-11-10-21-18(24)14-8-4-5-9-15(14)19(21)25/h1-9H,10-12H2,(H,20,23). The van der Waals surface area contributed by atoms with E-state index in [0.29, 0.717) is 16.7 Å². The van der Waals surface area contributed by atoms with Crippen molar-refractivity contribution in [2.45, 2.75) is 0 Å². The molecule has 0 bridgehead atoms. The van der Waals surface area contributed by atoms with E-state index < -0.39 is 17.8 Å². The number of nitrogens with one attached hydrogen (secondary N) is 1. The number of hydrogen-bond donors (Lipinski definition) is 1. The van der Waals surface area contributed by atoms with Crippen LogP contribution in [-0.2, 0) is 9.53 Å². The molecule has 132 valence electrons. The van der Waals surface area contributed by atoms with E-state index in [-0.39, 0.29) is 25.6 Å². The van der Waals surface area contributed by atoms with Crippen molar-refractivity contribution in [2.24, 2.45) is 0 Å². The highest BCUT2D eigenvalue weighted by atomic mass is 16.5. The molecule has 0 saturated heterocycles. The zero-order chi connectivity index (χ0) is 18.5. The number of amides is 3. The average molecular weight is 352 g/mol. The predicted molar refractivity (Wildman–Crippen MR) is 91.5 cm³/mol. The van der Waals surface area contributed by atoms with E-state index >= 15 is 0 Å². The second-order valence-electron chi connectivity index (χ2n) is 5.58. The molecule has 0 spiro atoms. The van der Waals surface area contributed by atoms with Crippen molar-refractivity contribution in [3.05, 3.63) is 71.3 Å². The van der Waals surface area contributed by atoms with Crippen LogP contribution in [0, 0.1) is 0 Å². The fourth-order valence-corrected chi connectivity index (χ4v) is 2.59. The minimum absolute atomic E-state index is 0.0370. The Morgan fingerprint density at radius 2 is 1.46 bits per heavy atom. The number of ether oxygens (including phenoxy) is 1. The van der Waals surface area contributed by atoms with Crippen molar-refractivity contribution >= 4 is 23.7 Å². The largest absolute Gasteiger partial charge is 0.462 e. The molecule has 3 rings (SSSR count). The number of rotatable bonds is 6. The second kappa shape index (κ2) is 7.60. The Morgan fingerprint density at radius 1 is 0.885 bits per heavy atom. The Balaban J connectivity index is 1.44. The van der Waals surface area contributed by atoms with Gasteiger partial charge in [-0.15, -0.1) is 0 Å². The molecule has 0 atom stereocenters. The molecule has 2 aromatic carbocycles. The van der Waals surface area contributed by atoms with Crippen molar-refractivity contribution in [1.29, 1.82) is 0 Å². The lowest BCUT2D eigenvalue weighted by atomic mass is 10.1. The van der Waals surface area contributed by atoms with Crippen molar-refractivity contribution in [1.82, 2.24) is 10.2 Å². The maximum atomic E-state index is 12.2. The maximum Gasteiger partial charge on any atom is 0.325 e. The van der Waals surface area contributed by atoms with Crippen LogP contribution in [0.3, 0.4) is 0 Å². The number of imide groups is 1. The Morgan fingerprint density at radius 3 is 2.08 bits per heavy atom. The lowest BCUT2D eigenvalue weighted by Gasteiger charge is -2.14. The van der Waals surface area contributed by atoms with E-state index in [2.05, 4.69) is 5.32 Å². The highest BCUT2D eigenvalue weighted by Crippen LogP contribution is 2.21. The van der Waals surface area contributed by atoms with E-state index in [9.17, 15) is 19.2 Å². The van der Waals surface area contributed by atoms with Gasteiger partial charge in [-0.05, 0) is 24.3 Å². The van der Waals surface area contributed by atoms with Gasteiger partial charge in [-0.1, -0.05) is 30.3 Å². The van der Waals surface area contributed by atoms with E-state index in [0.717, 1.165) is 4.90 Å².